The monoisotopic (exact) mass is 348 g/mol. The van der Waals surface area contributed by atoms with Crippen molar-refractivity contribution in [2.45, 2.75) is 5.75 Å². The maximum Gasteiger partial charge on any atom is 0.234 e. The molecule has 3 nitrogen and oxygen atoms in total. The summed E-state index contributed by atoms with van der Waals surface area (Å²) in [5, 5.41) is 4.49. The summed E-state index contributed by atoms with van der Waals surface area (Å²) in [4.78, 5) is 16.4. The van der Waals surface area contributed by atoms with Crippen LogP contribution in [0.25, 0.3) is 10.2 Å². The molecular weight excluding hydrogens is 336 g/mol. The van der Waals surface area contributed by atoms with E-state index in [9.17, 15) is 4.79 Å². The van der Waals surface area contributed by atoms with Crippen molar-refractivity contribution in [1.82, 2.24) is 4.98 Å². The molecule has 112 valence electrons. The lowest BCUT2D eigenvalue weighted by Gasteiger charge is -2.04. The number of aromatic nitrogens is 1. The van der Waals surface area contributed by atoms with Crippen molar-refractivity contribution in [1.29, 1.82) is 0 Å². The van der Waals surface area contributed by atoms with Gasteiger partial charge in [-0.1, -0.05) is 29.8 Å². The Morgan fingerprint density at radius 3 is 2.91 bits per heavy atom. The van der Waals surface area contributed by atoms with Gasteiger partial charge in [0.05, 0.1) is 16.0 Å². The van der Waals surface area contributed by atoms with Crippen LogP contribution in [0.2, 0.25) is 5.02 Å². The topological polar surface area (TPSA) is 42.0 Å². The van der Waals surface area contributed by atoms with Gasteiger partial charge in [-0.25, -0.2) is 4.98 Å². The minimum Gasteiger partial charge on any atom is -0.325 e. The summed E-state index contributed by atoms with van der Waals surface area (Å²) in [6, 6.07) is 15.2. The van der Waals surface area contributed by atoms with Crippen molar-refractivity contribution in [3.63, 3.8) is 0 Å². The van der Waals surface area contributed by atoms with E-state index in [1.54, 1.807) is 35.2 Å². The molecule has 3 rings (SSSR count). The summed E-state index contributed by atoms with van der Waals surface area (Å²) >= 11 is 9.12. The number of hydrogen-bond donors (Lipinski definition) is 1. The van der Waals surface area contributed by atoms with Crippen LogP contribution in [-0.4, -0.2) is 16.6 Å². The number of carbonyl (C=O) groups excluding carboxylic acids is 1. The summed E-state index contributed by atoms with van der Waals surface area (Å²) < 4.78 is 1.18. The molecule has 0 aliphatic carbocycles. The van der Waals surface area contributed by atoms with Gasteiger partial charge in [-0.3, -0.25) is 4.79 Å². The molecule has 22 heavy (non-hydrogen) atoms. The first kappa shape index (κ1) is 15.3. The van der Waals surface area contributed by atoms with Crippen LogP contribution in [-0.2, 0) is 10.5 Å². The van der Waals surface area contributed by atoms with Gasteiger partial charge in [-0.2, -0.15) is 0 Å². The Balaban J connectivity index is 1.51. The maximum atomic E-state index is 11.9. The molecule has 3 aromatic rings. The highest BCUT2D eigenvalue weighted by Crippen LogP contribution is 2.24. The van der Waals surface area contributed by atoms with Crippen molar-refractivity contribution in [3.8, 4) is 0 Å². The van der Waals surface area contributed by atoms with Crippen LogP contribution in [0.1, 0.15) is 5.01 Å². The van der Waals surface area contributed by atoms with Crippen molar-refractivity contribution in [3.05, 3.63) is 58.6 Å². The molecule has 1 aromatic heterocycles. The Kier molecular flexibility index (Phi) is 4.97. The van der Waals surface area contributed by atoms with E-state index in [-0.39, 0.29) is 5.91 Å². The van der Waals surface area contributed by atoms with Gasteiger partial charge in [0.1, 0.15) is 5.01 Å². The molecular formula is C16H13ClN2OS2. The lowest BCUT2D eigenvalue weighted by molar-refractivity contribution is -0.113. The summed E-state index contributed by atoms with van der Waals surface area (Å²) in [6.45, 7) is 0. The second-order valence-corrected chi connectivity index (χ2v) is 7.16. The van der Waals surface area contributed by atoms with E-state index in [4.69, 9.17) is 11.6 Å². The van der Waals surface area contributed by atoms with Crippen LogP contribution >= 0.6 is 34.7 Å². The van der Waals surface area contributed by atoms with Gasteiger partial charge >= 0.3 is 0 Å². The first-order chi connectivity index (χ1) is 10.7. The zero-order valence-corrected chi connectivity index (χ0v) is 14.0. The largest absolute Gasteiger partial charge is 0.325 e. The third-order valence-electron chi connectivity index (χ3n) is 2.91. The molecule has 0 aliphatic heterocycles. The fraction of sp³-hybridized carbons (Fsp3) is 0.125. The summed E-state index contributed by atoms with van der Waals surface area (Å²) in [5.74, 6) is 1.10. The highest BCUT2D eigenvalue weighted by Gasteiger charge is 2.06. The number of nitrogens with one attached hydrogen (secondary N) is 1. The molecule has 1 heterocycles. The van der Waals surface area contributed by atoms with Gasteiger partial charge < -0.3 is 5.32 Å². The predicted molar refractivity (Wildman–Crippen MR) is 95.9 cm³/mol. The molecule has 0 aliphatic rings. The second kappa shape index (κ2) is 7.13. The molecule has 1 amide bonds. The fourth-order valence-electron chi connectivity index (χ4n) is 1.98. The van der Waals surface area contributed by atoms with Gasteiger partial charge in [0.25, 0.3) is 0 Å². The standard InChI is InChI=1S/C16H13ClN2OS2/c17-11-4-3-5-12(8-11)18-15(20)9-21-10-16-19-13-6-1-2-7-14(13)22-16/h1-8H,9-10H2,(H,18,20). The third-order valence-corrected chi connectivity index (χ3v) is 5.30. The van der Waals surface area contributed by atoms with Crippen molar-refractivity contribution >= 4 is 56.5 Å². The highest BCUT2D eigenvalue weighted by atomic mass is 35.5. The number of anilines is 1. The lowest BCUT2D eigenvalue weighted by atomic mass is 10.3. The molecule has 0 spiro atoms. The molecule has 0 bridgehead atoms. The Morgan fingerprint density at radius 2 is 2.09 bits per heavy atom. The Hall–Kier alpha value is -1.56. The van der Waals surface area contributed by atoms with E-state index in [1.165, 1.54) is 4.70 Å². The van der Waals surface area contributed by atoms with Gasteiger partial charge in [-0.05, 0) is 30.3 Å². The molecule has 0 saturated carbocycles. The van der Waals surface area contributed by atoms with Crippen LogP contribution < -0.4 is 5.32 Å². The number of hydrogen-bond acceptors (Lipinski definition) is 4. The number of carbonyl (C=O) groups is 1. The Morgan fingerprint density at radius 1 is 1.23 bits per heavy atom. The molecule has 0 atom stereocenters. The predicted octanol–water partition coefficient (Wildman–Crippen LogP) is 4.82. The average Bonchev–Trinajstić information content (AvgIpc) is 2.90. The number of benzene rings is 2. The number of thiazole rings is 1. The molecule has 1 N–H and O–H groups in total. The highest BCUT2D eigenvalue weighted by molar-refractivity contribution is 7.99. The zero-order chi connectivity index (χ0) is 15.4. The normalized spacial score (nSPS) is 10.8. The Labute approximate surface area is 141 Å². The van der Waals surface area contributed by atoms with Crippen LogP contribution in [0.15, 0.2) is 48.5 Å². The first-order valence-corrected chi connectivity index (χ1v) is 9.03. The number of amides is 1. The smallest absolute Gasteiger partial charge is 0.234 e. The number of para-hydroxylation sites is 1. The van der Waals surface area contributed by atoms with Gasteiger partial charge in [-0.15, -0.1) is 23.1 Å². The van der Waals surface area contributed by atoms with Gasteiger partial charge in [0, 0.05) is 16.5 Å². The number of halogens is 1. The fourth-order valence-corrected chi connectivity index (χ4v) is 4.01. The SMILES string of the molecule is O=C(CSCc1nc2ccccc2s1)Nc1cccc(Cl)c1. The number of fused-ring (bicyclic) bond motifs is 1. The van der Waals surface area contributed by atoms with E-state index < -0.39 is 0 Å². The molecule has 0 radical (unpaired) electrons. The van der Waals surface area contributed by atoms with E-state index in [0.717, 1.165) is 22.0 Å². The quantitative estimate of drug-likeness (QED) is 0.718. The van der Waals surface area contributed by atoms with Crippen LogP contribution in [0.3, 0.4) is 0 Å². The molecule has 6 heteroatoms. The summed E-state index contributed by atoms with van der Waals surface area (Å²) in [6.07, 6.45) is 0. The van der Waals surface area contributed by atoms with Gasteiger partial charge in [0.2, 0.25) is 5.91 Å². The first-order valence-electron chi connectivity index (χ1n) is 6.68. The van der Waals surface area contributed by atoms with E-state index in [2.05, 4.69) is 16.4 Å². The van der Waals surface area contributed by atoms with E-state index in [1.807, 2.05) is 30.3 Å². The maximum absolute atomic E-state index is 11.9. The minimum absolute atomic E-state index is 0.0339. The van der Waals surface area contributed by atoms with Crippen molar-refractivity contribution < 1.29 is 4.79 Å². The van der Waals surface area contributed by atoms with Crippen LogP contribution in [0.4, 0.5) is 5.69 Å². The average molecular weight is 349 g/mol. The number of rotatable bonds is 5. The van der Waals surface area contributed by atoms with Crippen LogP contribution in [0.5, 0.6) is 0 Å². The Bertz CT molecular complexity index is 770. The molecule has 2 aromatic carbocycles. The van der Waals surface area contributed by atoms with Crippen molar-refractivity contribution in [2.24, 2.45) is 0 Å². The number of nitrogens with zero attached hydrogens (tertiary/aromatic N) is 1. The zero-order valence-electron chi connectivity index (χ0n) is 11.6. The van der Waals surface area contributed by atoms with E-state index in [0.29, 0.717) is 10.8 Å². The minimum atomic E-state index is -0.0339. The molecule has 0 saturated heterocycles. The van der Waals surface area contributed by atoms with Crippen LogP contribution in [0, 0.1) is 0 Å². The third kappa shape index (κ3) is 4.00. The lowest BCUT2D eigenvalue weighted by Crippen LogP contribution is -2.14. The number of thioether (sulfide) groups is 1. The summed E-state index contributed by atoms with van der Waals surface area (Å²) in [7, 11) is 0. The molecule has 0 fully saturated rings. The van der Waals surface area contributed by atoms with E-state index >= 15 is 0 Å². The molecule has 0 unspecified atom stereocenters. The second-order valence-electron chi connectivity index (χ2n) is 4.63. The van der Waals surface area contributed by atoms with Gasteiger partial charge in [0.15, 0.2) is 0 Å². The summed E-state index contributed by atoms with van der Waals surface area (Å²) in [5.41, 5.74) is 1.74. The van der Waals surface area contributed by atoms with Crippen molar-refractivity contribution in [2.75, 3.05) is 11.1 Å².